The molecule has 0 aliphatic carbocycles. The zero-order chi connectivity index (χ0) is 19.7. The van der Waals surface area contributed by atoms with Crippen LogP contribution in [0.2, 0.25) is 0 Å². The molecule has 3 N–H and O–H groups in total. The van der Waals surface area contributed by atoms with E-state index in [2.05, 4.69) is 22.9 Å². The quantitative estimate of drug-likeness (QED) is 0.511. The van der Waals surface area contributed by atoms with Crippen LogP contribution in [0.5, 0.6) is 0 Å². The van der Waals surface area contributed by atoms with E-state index in [4.69, 9.17) is 4.74 Å². The molecule has 0 spiro atoms. The van der Waals surface area contributed by atoms with E-state index in [0.29, 0.717) is 11.3 Å². The van der Waals surface area contributed by atoms with Crippen LogP contribution in [-0.4, -0.2) is 36.1 Å². The summed E-state index contributed by atoms with van der Waals surface area (Å²) < 4.78 is 5.21. The lowest BCUT2D eigenvalue weighted by Gasteiger charge is -2.21. The number of ether oxygens (including phenoxy) is 1. The van der Waals surface area contributed by atoms with Crippen molar-refractivity contribution < 1.29 is 19.1 Å². The molecule has 0 aliphatic heterocycles. The highest BCUT2D eigenvalue weighted by Crippen LogP contribution is 2.17. The molecule has 3 amide bonds. The zero-order valence-corrected chi connectivity index (χ0v) is 16.1. The summed E-state index contributed by atoms with van der Waals surface area (Å²) in [5.41, 5.74) is 0.527. The van der Waals surface area contributed by atoms with E-state index in [1.54, 1.807) is 39.0 Å². The van der Waals surface area contributed by atoms with E-state index in [1.807, 2.05) is 6.07 Å². The van der Waals surface area contributed by atoms with Crippen LogP contribution in [-0.2, 0) is 9.53 Å². The second-order valence-electron chi connectivity index (χ2n) is 7.07. The predicted octanol–water partition coefficient (Wildman–Crippen LogP) is 3.07. The minimum absolute atomic E-state index is 0.349. The van der Waals surface area contributed by atoms with Gasteiger partial charge in [0, 0.05) is 17.8 Å². The fourth-order valence-electron chi connectivity index (χ4n) is 2.08. The van der Waals surface area contributed by atoms with Crippen LogP contribution >= 0.6 is 0 Å². The number of anilines is 1. The first-order chi connectivity index (χ1) is 12.1. The minimum atomic E-state index is -1.10. The SMILES string of the molecule is CCCCNc1ccccc1C(=O)O[C@H](C)C(=O)NC(=O)NC(C)(C)C. The predicted molar refractivity (Wildman–Crippen MR) is 101 cm³/mol. The molecule has 1 atom stereocenters. The van der Waals surface area contributed by atoms with Crippen molar-refractivity contribution in [3.63, 3.8) is 0 Å². The number of carbonyl (C=O) groups is 3. The van der Waals surface area contributed by atoms with Crippen LogP contribution in [0, 0.1) is 0 Å². The summed E-state index contributed by atoms with van der Waals surface area (Å²) in [6.07, 6.45) is 0.912. The number of nitrogens with one attached hydrogen (secondary N) is 3. The summed E-state index contributed by atoms with van der Waals surface area (Å²) in [4.78, 5) is 36.2. The van der Waals surface area contributed by atoms with Crippen LogP contribution in [0.15, 0.2) is 24.3 Å². The van der Waals surface area contributed by atoms with Crippen molar-refractivity contribution in [2.24, 2.45) is 0 Å². The summed E-state index contributed by atoms with van der Waals surface area (Å²) in [6, 6.07) is 6.33. The van der Waals surface area contributed by atoms with Gasteiger partial charge < -0.3 is 15.4 Å². The molecule has 0 heterocycles. The number of imide groups is 1. The van der Waals surface area contributed by atoms with Crippen LogP contribution in [0.3, 0.4) is 0 Å². The maximum absolute atomic E-state index is 12.4. The van der Waals surface area contributed by atoms with Crippen molar-refractivity contribution in [2.75, 3.05) is 11.9 Å². The van der Waals surface area contributed by atoms with E-state index in [9.17, 15) is 14.4 Å². The minimum Gasteiger partial charge on any atom is -0.449 e. The van der Waals surface area contributed by atoms with Crippen molar-refractivity contribution in [2.45, 2.75) is 59.1 Å². The van der Waals surface area contributed by atoms with E-state index in [1.165, 1.54) is 6.92 Å². The van der Waals surface area contributed by atoms with Gasteiger partial charge in [0.2, 0.25) is 0 Å². The molecule has 1 aromatic rings. The Morgan fingerprint density at radius 1 is 1.15 bits per heavy atom. The number of unbranched alkanes of at least 4 members (excludes halogenated alkanes) is 1. The average Bonchev–Trinajstić information content (AvgIpc) is 2.53. The van der Waals surface area contributed by atoms with Crippen LogP contribution in [0.4, 0.5) is 10.5 Å². The normalized spacial score (nSPS) is 12.0. The third-order valence-electron chi connectivity index (χ3n) is 3.37. The maximum atomic E-state index is 12.4. The number of hydrogen-bond acceptors (Lipinski definition) is 5. The van der Waals surface area contributed by atoms with E-state index in [0.717, 1.165) is 19.4 Å². The molecule has 1 aromatic carbocycles. The molecule has 144 valence electrons. The second kappa shape index (κ2) is 9.79. The summed E-state index contributed by atoms with van der Waals surface area (Å²) in [5.74, 6) is -1.31. The number of para-hydroxylation sites is 1. The fraction of sp³-hybridized carbons (Fsp3) is 0.526. The first-order valence-electron chi connectivity index (χ1n) is 8.81. The standard InChI is InChI=1S/C19H29N3O4/c1-6-7-12-20-15-11-9-8-10-14(15)17(24)26-13(2)16(23)21-18(25)22-19(3,4)5/h8-11,13,20H,6-7,12H2,1-5H3,(H2,21,22,23,25)/t13-/m1/s1. The zero-order valence-electron chi connectivity index (χ0n) is 16.1. The summed E-state index contributed by atoms with van der Waals surface area (Å²) >= 11 is 0. The molecule has 7 heteroatoms. The number of hydrogen-bond donors (Lipinski definition) is 3. The lowest BCUT2D eigenvalue weighted by atomic mass is 10.1. The number of rotatable bonds is 7. The molecule has 0 radical (unpaired) electrons. The molecule has 0 saturated heterocycles. The number of esters is 1. The van der Waals surface area contributed by atoms with Crippen molar-refractivity contribution in [1.82, 2.24) is 10.6 Å². The highest BCUT2D eigenvalue weighted by molar-refractivity contribution is 6.00. The summed E-state index contributed by atoms with van der Waals surface area (Å²) in [5, 5.41) is 7.96. The Morgan fingerprint density at radius 2 is 1.81 bits per heavy atom. The van der Waals surface area contributed by atoms with Crippen LogP contribution in [0.1, 0.15) is 57.8 Å². The third-order valence-corrected chi connectivity index (χ3v) is 3.37. The first kappa shape index (κ1) is 21.5. The Bertz CT molecular complexity index is 638. The van der Waals surface area contributed by atoms with Gasteiger partial charge in [-0.05, 0) is 46.2 Å². The van der Waals surface area contributed by atoms with Gasteiger partial charge in [-0.1, -0.05) is 25.5 Å². The van der Waals surface area contributed by atoms with Gasteiger partial charge in [-0.15, -0.1) is 0 Å². The molecule has 26 heavy (non-hydrogen) atoms. The van der Waals surface area contributed by atoms with Crippen LogP contribution < -0.4 is 16.0 Å². The number of amides is 3. The number of urea groups is 1. The van der Waals surface area contributed by atoms with Gasteiger partial charge in [0.25, 0.3) is 5.91 Å². The molecule has 0 saturated carbocycles. The molecule has 1 rings (SSSR count). The number of carbonyl (C=O) groups excluding carboxylic acids is 3. The largest absolute Gasteiger partial charge is 0.449 e. The lowest BCUT2D eigenvalue weighted by Crippen LogP contribution is -2.50. The topological polar surface area (TPSA) is 96.5 Å². The van der Waals surface area contributed by atoms with E-state index >= 15 is 0 Å². The molecule has 0 fully saturated rings. The van der Waals surface area contributed by atoms with Gasteiger partial charge in [0.1, 0.15) is 0 Å². The second-order valence-corrected chi connectivity index (χ2v) is 7.07. The van der Waals surface area contributed by atoms with Gasteiger partial charge in [0.15, 0.2) is 6.10 Å². The van der Waals surface area contributed by atoms with Crippen molar-refractivity contribution in [1.29, 1.82) is 0 Å². The molecule has 0 aromatic heterocycles. The third kappa shape index (κ3) is 7.55. The van der Waals surface area contributed by atoms with Gasteiger partial charge in [-0.3, -0.25) is 10.1 Å². The molecular weight excluding hydrogens is 334 g/mol. The smallest absolute Gasteiger partial charge is 0.341 e. The highest BCUT2D eigenvalue weighted by Gasteiger charge is 2.23. The Morgan fingerprint density at radius 3 is 2.42 bits per heavy atom. The Hall–Kier alpha value is -2.57. The molecule has 0 unspecified atom stereocenters. The van der Waals surface area contributed by atoms with Crippen LogP contribution in [0.25, 0.3) is 0 Å². The van der Waals surface area contributed by atoms with Gasteiger partial charge in [-0.2, -0.15) is 0 Å². The van der Waals surface area contributed by atoms with Gasteiger partial charge >= 0.3 is 12.0 Å². The Labute approximate surface area is 154 Å². The fourth-order valence-corrected chi connectivity index (χ4v) is 2.08. The molecule has 0 bridgehead atoms. The van der Waals surface area contributed by atoms with Gasteiger partial charge in [-0.25, -0.2) is 9.59 Å². The molecular formula is C19H29N3O4. The lowest BCUT2D eigenvalue weighted by molar-refractivity contribution is -0.127. The van der Waals surface area contributed by atoms with E-state index < -0.39 is 29.6 Å². The maximum Gasteiger partial charge on any atom is 0.341 e. The van der Waals surface area contributed by atoms with E-state index in [-0.39, 0.29) is 0 Å². The van der Waals surface area contributed by atoms with Crippen molar-refractivity contribution in [3.05, 3.63) is 29.8 Å². The van der Waals surface area contributed by atoms with Crippen molar-refractivity contribution in [3.8, 4) is 0 Å². The Kier molecular flexibility index (Phi) is 8.09. The monoisotopic (exact) mass is 363 g/mol. The summed E-state index contributed by atoms with van der Waals surface area (Å²) in [7, 11) is 0. The Balaban J connectivity index is 2.66. The summed E-state index contributed by atoms with van der Waals surface area (Å²) in [6.45, 7) is 9.63. The van der Waals surface area contributed by atoms with Crippen molar-refractivity contribution >= 4 is 23.6 Å². The van der Waals surface area contributed by atoms with Gasteiger partial charge in [0.05, 0.1) is 5.56 Å². The average molecular weight is 363 g/mol. The first-order valence-corrected chi connectivity index (χ1v) is 8.81. The number of benzene rings is 1. The highest BCUT2D eigenvalue weighted by atomic mass is 16.5. The molecule has 0 aliphatic rings. The molecule has 7 nitrogen and oxygen atoms in total.